The number of carbonyl (C=O) groups is 1. The van der Waals surface area contributed by atoms with Gasteiger partial charge in [-0.05, 0) is 30.9 Å². The standard InChI is InChI=1S/C15H19N3O3/c19-15(9-11-1-3-13(4-2-11)18(20)21)17-8-6-14-12(10-17)5-7-16-14/h1-4,12,14,16H,5-10H2. The number of hydrogen-bond donors (Lipinski definition) is 1. The first-order valence-electron chi connectivity index (χ1n) is 7.38. The lowest BCUT2D eigenvalue weighted by Crippen LogP contribution is -2.47. The Bertz CT molecular complexity index is 544. The predicted octanol–water partition coefficient (Wildman–Crippen LogP) is 1.35. The molecule has 3 rings (SSSR count). The van der Waals surface area contributed by atoms with Crippen molar-refractivity contribution in [3.8, 4) is 0 Å². The van der Waals surface area contributed by atoms with Crippen molar-refractivity contribution in [3.05, 3.63) is 39.9 Å². The summed E-state index contributed by atoms with van der Waals surface area (Å²) in [6, 6.07) is 6.82. The quantitative estimate of drug-likeness (QED) is 0.673. The Kier molecular flexibility index (Phi) is 3.88. The fraction of sp³-hybridized carbons (Fsp3) is 0.533. The van der Waals surface area contributed by atoms with Crippen molar-refractivity contribution in [3.63, 3.8) is 0 Å². The molecule has 0 aromatic heterocycles. The number of benzene rings is 1. The van der Waals surface area contributed by atoms with Gasteiger partial charge in [0, 0.05) is 31.3 Å². The molecule has 2 saturated heterocycles. The van der Waals surface area contributed by atoms with E-state index in [0.717, 1.165) is 38.0 Å². The van der Waals surface area contributed by atoms with Gasteiger partial charge in [0.1, 0.15) is 0 Å². The lowest BCUT2D eigenvalue weighted by molar-refractivity contribution is -0.384. The number of carbonyl (C=O) groups excluding carboxylic acids is 1. The molecule has 6 nitrogen and oxygen atoms in total. The third-order valence-corrected chi connectivity index (χ3v) is 4.51. The Morgan fingerprint density at radius 3 is 2.81 bits per heavy atom. The second-order valence-corrected chi connectivity index (χ2v) is 5.84. The molecule has 0 aliphatic carbocycles. The molecule has 112 valence electrons. The van der Waals surface area contributed by atoms with E-state index in [2.05, 4.69) is 5.32 Å². The summed E-state index contributed by atoms with van der Waals surface area (Å²) in [5.74, 6) is 0.703. The van der Waals surface area contributed by atoms with Crippen molar-refractivity contribution in [1.82, 2.24) is 10.2 Å². The van der Waals surface area contributed by atoms with Crippen LogP contribution in [-0.4, -0.2) is 41.4 Å². The van der Waals surface area contributed by atoms with E-state index in [4.69, 9.17) is 0 Å². The maximum absolute atomic E-state index is 12.3. The van der Waals surface area contributed by atoms with Crippen LogP contribution in [0.15, 0.2) is 24.3 Å². The van der Waals surface area contributed by atoms with Crippen molar-refractivity contribution in [2.45, 2.75) is 25.3 Å². The first-order chi connectivity index (χ1) is 10.1. The predicted molar refractivity (Wildman–Crippen MR) is 77.9 cm³/mol. The van der Waals surface area contributed by atoms with Crippen LogP contribution in [0, 0.1) is 16.0 Å². The molecule has 2 aliphatic rings. The highest BCUT2D eigenvalue weighted by atomic mass is 16.6. The molecular weight excluding hydrogens is 270 g/mol. The van der Waals surface area contributed by atoms with Crippen molar-refractivity contribution in [1.29, 1.82) is 0 Å². The number of nitrogens with one attached hydrogen (secondary N) is 1. The van der Waals surface area contributed by atoms with E-state index in [1.54, 1.807) is 12.1 Å². The monoisotopic (exact) mass is 289 g/mol. The van der Waals surface area contributed by atoms with E-state index in [1.165, 1.54) is 12.1 Å². The molecule has 2 unspecified atom stereocenters. The largest absolute Gasteiger partial charge is 0.342 e. The number of hydrogen-bond acceptors (Lipinski definition) is 4. The molecule has 2 atom stereocenters. The van der Waals surface area contributed by atoms with Crippen LogP contribution < -0.4 is 5.32 Å². The second-order valence-electron chi connectivity index (χ2n) is 5.84. The number of nitro benzene ring substituents is 1. The summed E-state index contributed by atoms with van der Waals surface area (Å²) in [6.45, 7) is 2.70. The molecule has 0 radical (unpaired) electrons. The Labute approximate surface area is 123 Å². The van der Waals surface area contributed by atoms with Gasteiger partial charge in [0.2, 0.25) is 5.91 Å². The van der Waals surface area contributed by atoms with Gasteiger partial charge in [-0.25, -0.2) is 0 Å². The summed E-state index contributed by atoms with van der Waals surface area (Å²) in [5.41, 5.74) is 0.890. The third-order valence-electron chi connectivity index (χ3n) is 4.51. The van der Waals surface area contributed by atoms with E-state index in [1.807, 2.05) is 4.90 Å². The van der Waals surface area contributed by atoms with E-state index in [9.17, 15) is 14.9 Å². The molecule has 0 saturated carbocycles. The number of rotatable bonds is 3. The summed E-state index contributed by atoms with van der Waals surface area (Å²) >= 11 is 0. The lowest BCUT2D eigenvalue weighted by Gasteiger charge is -2.35. The van der Waals surface area contributed by atoms with Crippen molar-refractivity contribution < 1.29 is 9.72 Å². The minimum absolute atomic E-state index is 0.0593. The van der Waals surface area contributed by atoms with E-state index >= 15 is 0 Å². The maximum Gasteiger partial charge on any atom is 0.269 e. The normalized spacial score (nSPS) is 24.7. The number of nitrogens with zero attached hydrogens (tertiary/aromatic N) is 2. The van der Waals surface area contributed by atoms with Gasteiger partial charge in [-0.1, -0.05) is 12.1 Å². The number of fused-ring (bicyclic) bond motifs is 1. The summed E-state index contributed by atoms with van der Waals surface area (Å²) in [5, 5.41) is 14.1. The van der Waals surface area contributed by atoms with Gasteiger partial charge in [-0.15, -0.1) is 0 Å². The molecule has 0 spiro atoms. The van der Waals surface area contributed by atoms with Gasteiger partial charge >= 0.3 is 0 Å². The van der Waals surface area contributed by atoms with Crippen LogP contribution in [0.5, 0.6) is 0 Å². The van der Waals surface area contributed by atoms with E-state index < -0.39 is 4.92 Å². The van der Waals surface area contributed by atoms with Crippen molar-refractivity contribution in [2.75, 3.05) is 19.6 Å². The second kappa shape index (κ2) is 5.81. The number of amides is 1. The van der Waals surface area contributed by atoms with Gasteiger partial charge in [0.05, 0.1) is 11.3 Å². The van der Waals surface area contributed by atoms with Gasteiger partial charge in [-0.3, -0.25) is 14.9 Å². The Hall–Kier alpha value is -1.95. The average Bonchev–Trinajstić information content (AvgIpc) is 2.95. The molecule has 2 aliphatic heterocycles. The molecule has 1 aromatic carbocycles. The SMILES string of the molecule is O=C(Cc1ccc([N+](=O)[O-])cc1)N1CCC2NCCC2C1. The highest BCUT2D eigenvalue weighted by molar-refractivity contribution is 5.79. The van der Waals surface area contributed by atoms with Crippen LogP contribution in [0.3, 0.4) is 0 Å². The molecule has 6 heteroatoms. The lowest BCUT2D eigenvalue weighted by atomic mass is 9.93. The summed E-state index contributed by atoms with van der Waals surface area (Å²) in [4.78, 5) is 24.5. The highest BCUT2D eigenvalue weighted by Gasteiger charge is 2.34. The molecule has 2 heterocycles. The van der Waals surface area contributed by atoms with Crippen LogP contribution >= 0.6 is 0 Å². The molecular formula is C15H19N3O3. The van der Waals surface area contributed by atoms with Gasteiger partial charge in [0.15, 0.2) is 0 Å². The zero-order valence-electron chi connectivity index (χ0n) is 11.8. The zero-order valence-corrected chi connectivity index (χ0v) is 11.8. The van der Waals surface area contributed by atoms with Gasteiger partial charge in [-0.2, -0.15) is 0 Å². The van der Waals surface area contributed by atoms with Crippen LogP contribution in [0.2, 0.25) is 0 Å². The Balaban J connectivity index is 1.59. The number of nitro groups is 1. The number of non-ortho nitro benzene ring substituents is 1. The summed E-state index contributed by atoms with van der Waals surface area (Å²) < 4.78 is 0. The van der Waals surface area contributed by atoms with Gasteiger partial charge < -0.3 is 10.2 Å². The summed E-state index contributed by atoms with van der Waals surface area (Å²) in [6.07, 6.45) is 2.49. The Morgan fingerprint density at radius 2 is 2.10 bits per heavy atom. The van der Waals surface area contributed by atoms with Crippen LogP contribution in [0.25, 0.3) is 0 Å². The van der Waals surface area contributed by atoms with E-state index in [-0.39, 0.29) is 11.6 Å². The minimum Gasteiger partial charge on any atom is -0.342 e. The number of likely N-dealkylation sites (tertiary alicyclic amines) is 1. The fourth-order valence-corrected chi connectivity index (χ4v) is 3.30. The molecule has 1 N–H and O–H groups in total. The average molecular weight is 289 g/mol. The van der Waals surface area contributed by atoms with Crippen LogP contribution in [0.1, 0.15) is 18.4 Å². The molecule has 0 bridgehead atoms. The van der Waals surface area contributed by atoms with Gasteiger partial charge in [0.25, 0.3) is 5.69 Å². The maximum atomic E-state index is 12.3. The minimum atomic E-state index is -0.427. The topological polar surface area (TPSA) is 75.5 Å². The van der Waals surface area contributed by atoms with Crippen LogP contribution in [-0.2, 0) is 11.2 Å². The van der Waals surface area contributed by atoms with E-state index in [0.29, 0.717) is 18.4 Å². The summed E-state index contributed by atoms with van der Waals surface area (Å²) in [7, 11) is 0. The fourth-order valence-electron chi connectivity index (χ4n) is 3.30. The smallest absolute Gasteiger partial charge is 0.269 e. The number of piperidine rings is 1. The first-order valence-corrected chi connectivity index (χ1v) is 7.38. The zero-order chi connectivity index (χ0) is 14.8. The molecule has 1 aromatic rings. The highest BCUT2D eigenvalue weighted by Crippen LogP contribution is 2.25. The molecule has 21 heavy (non-hydrogen) atoms. The van der Waals surface area contributed by atoms with Crippen molar-refractivity contribution in [2.24, 2.45) is 5.92 Å². The van der Waals surface area contributed by atoms with Crippen molar-refractivity contribution >= 4 is 11.6 Å². The Morgan fingerprint density at radius 1 is 1.33 bits per heavy atom. The third kappa shape index (κ3) is 3.05. The molecule has 2 fully saturated rings. The van der Waals surface area contributed by atoms with Crippen LogP contribution in [0.4, 0.5) is 5.69 Å². The first kappa shape index (κ1) is 14.0. The molecule has 1 amide bonds.